The van der Waals surface area contributed by atoms with Gasteiger partial charge in [-0.25, -0.2) is 0 Å². The van der Waals surface area contributed by atoms with Crippen LogP contribution in [0.15, 0.2) is 18.2 Å². The maximum Gasteiger partial charge on any atom is 0.0658 e. The molecule has 2 nitrogen and oxygen atoms in total. The van der Waals surface area contributed by atoms with Crippen LogP contribution in [-0.2, 0) is 0 Å². The van der Waals surface area contributed by atoms with Crippen molar-refractivity contribution < 1.29 is 0 Å². The van der Waals surface area contributed by atoms with E-state index in [-0.39, 0.29) is 0 Å². The van der Waals surface area contributed by atoms with Crippen LogP contribution >= 0.6 is 11.6 Å². The van der Waals surface area contributed by atoms with Gasteiger partial charge in [0.05, 0.1) is 10.7 Å². The lowest BCUT2D eigenvalue weighted by atomic mass is 10.0. The highest BCUT2D eigenvalue weighted by Crippen LogP contribution is 2.25. The van der Waals surface area contributed by atoms with Crippen molar-refractivity contribution in [1.29, 1.82) is 0 Å². The largest absolute Gasteiger partial charge is 0.399 e. The fourth-order valence-electron chi connectivity index (χ4n) is 1.74. The minimum Gasteiger partial charge on any atom is -0.399 e. The molecule has 0 spiro atoms. The standard InChI is InChI=1S/C13H21ClN2/c1-4-9(2)7-10(3)16-13-6-5-11(15)8-12(13)14/h5-6,8-10,16H,4,7,15H2,1-3H3. The molecule has 0 heterocycles. The fraction of sp³-hybridized carbons (Fsp3) is 0.538. The third-order valence-corrected chi connectivity index (χ3v) is 3.16. The van der Waals surface area contributed by atoms with Crippen LogP contribution in [0, 0.1) is 5.92 Å². The van der Waals surface area contributed by atoms with Gasteiger partial charge in [0.25, 0.3) is 0 Å². The van der Waals surface area contributed by atoms with Crippen LogP contribution in [0.3, 0.4) is 0 Å². The van der Waals surface area contributed by atoms with Gasteiger partial charge >= 0.3 is 0 Å². The fourth-order valence-corrected chi connectivity index (χ4v) is 1.99. The van der Waals surface area contributed by atoms with Crippen LogP contribution < -0.4 is 11.1 Å². The second-order valence-electron chi connectivity index (χ2n) is 4.53. The zero-order valence-corrected chi connectivity index (χ0v) is 11.0. The van der Waals surface area contributed by atoms with Gasteiger partial charge in [-0.1, -0.05) is 31.9 Å². The van der Waals surface area contributed by atoms with Crippen LogP contribution in [-0.4, -0.2) is 6.04 Å². The Balaban J connectivity index is 2.59. The van der Waals surface area contributed by atoms with Crippen molar-refractivity contribution in [3.63, 3.8) is 0 Å². The van der Waals surface area contributed by atoms with Crippen LogP contribution in [0.5, 0.6) is 0 Å². The van der Waals surface area contributed by atoms with Crippen molar-refractivity contribution in [1.82, 2.24) is 0 Å². The Kier molecular flexibility index (Phi) is 4.94. The van der Waals surface area contributed by atoms with Gasteiger partial charge in [0.15, 0.2) is 0 Å². The summed E-state index contributed by atoms with van der Waals surface area (Å²) < 4.78 is 0. The maximum absolute atomic E-state index is 6.10. The van der Waals surface area contributed by atoms with Gasteiger partial charge in [0.1, 0.15) is 0 Å². The van der Waals surface area contributed by atoms with E-state index in [4.69, 9.17) is 17.3 Å². The molecule has 0 radical (unpaired) electrons. The average Bonchev–Trinajstić information content (AvgIpc) is 2.22. The number of rotatable bonds is 5. The summed E-state index contributed by atoms with van der Waals surface area (Å²) in [5, 5.41) is 4.11. The lowest BCUT2D eigenvalue weighted by Crippen LogP contribution is -2.18. The van der Waals surface area contributed by atoms with E-state index in [1.807, 2.05) is 12.1 Å². The first-order chi connectivity index (χ1) is 7.52. The van der Waals surface area contributed by atoms with Crippen LogP contribution in [0.2, 0.25) is 5.02 Å². The van der Waals surface area contributed by atoms with Crippen molar-refractivity contribution in [2.24, 2.45) is 5.92 Å². The maximum atomic E-state index is 6.10. The van der Waals surface area contributed by atoms with E-state index in [0.29, 0.717) is 16.8 Å². The SMILES string of the molecule is CCC(C)CC(C)Nc1ccc(N)cc1Cl. The molecule has 0 saturated carbocycles. The molecule has 3 N–H and O–H groups in total. The van der Waals surface area contributed by atoms with Gasteiger partial charge in [-0.05, 0) is 37.5 Å². The summed E-state index contributed by atoms with van der Waals surface area (Å²) in [4.78, 5) is 0. The molecule has 0 saturated heterocycles. The minimum atomic E-state index is 0.427. The Bertz CT molecular complexity index is 339. The number of benzene rings is 1. The number of nitrogens with two attached hydrogens (primary N) is 1. The van der Waals surface area contributed by atoms with Crippen molar-refractivity contribution >= 4 is 23.0 Å². The quantitative estimate of drug-likeness (QED) is 0.759. The van der Waals surface area contributed by atoms with Crippen LogP contribution in [0.4, 0.5) is 11.4 Å². The summed E-state index contributed by atoms with van der Waals surface area (Å²) in [6.45, 7) is 6.66. The Morgan fingerprint density at radius 1 is 1.38 bits per heavy atom. The van der Waals surface area contributed by atoms with E-state index in [1.165, 1.54) is 6.42 Å². The molecule has 1 aromatic carbocycles. The zero-order valence-electron chi connectivity index (χ0n) is 10.3. The Morgan fingerprint density at radius 2 is 2.06 bits per heavy atom. The lowest BCUT2D eigenvalue weighted by molar-refractivity contribution is 0.484. The molecule has 0 aromatic heterocycles. The highest BCUT2D eigenvalue weighted by atomic mass is 35.5. The molecular weight excluding hydrogens is 220 g/mol. The number of anilines is 2. The van der Waals surface area contributed by atoms with Crippen LogP contribution in [0.25, 0.3) is 0 Å². The van der Waals surface area contributed by atoms with Crippen molar-refractivity contribution in [3.05, 3.63) is 23.2 Å². The Hall–Kier alpha value is -0.890. The highest BCUT2D eigenvalue weighted by molar-refractivity contribution is 6.33. The van der Waals surface area contributed by atoms with Crippen molar-refractivity contribution in [2.75, 3.05) is 11.1 Å². The Labute approximate surface area is 103 Å². The van der Waals surface area contributed by atoms with Crippen LogP contribution in [0.1, 0.15) is 33.6 Å². The molecular formula is C13H21ClN2. The lowest BCUT2D eigenvalue weighted by Gasteiger charge is -2.19. The first kappa shape index (κ1) is 13.2. The predicted octanol–water partition coefficient (Wildman–Crippen LogP) is 4.16. The topological polar surface area (TPSA) is 38.0 Å². The average molecular weight is 241 g/mol. The minimum absolute atomic E-state index is 0.427. The molecule has 0 aliphatic carbocycles. The molecule has 2 unspecified atom stereocenters. The smallest absolute Gasteiger partial charge is 0.0658 e. The summed E-state index contributed by atoms with van der Waals surface area (Å²) in [5.41, 5.74) is 7.31. The number of nitrogen functional groups attached to an aromatic ring is 1. The van der Waals surface area contributed by atoms with E-state index >= 15 is 0 Å². The number of nitrogens with one attached hydrogen (secondary N) is 1. The number of halogens is 1. The van der Waals surface area contributed by atoms with Gasteiger partial charge in [-0.2, -0.15) is 0 Å². The first-order valence-corrected chi connectivity index (χ1v) is 6.22. The molecule has 0 aliphatic rings. The van der Waals surface area contributed by atoms with E-state index in [9.17, 15) is 0 Å². The summed E-state index contributed by atoms with van der Waals surface area (Å²) in [6.07, 6.45) is 2.36. The van der Waals surface area contributed by atoms with Gasteiger partial charge < -0.3 is 11.1 Å². The molecule has 3 heteroatoms. The van der Waals surface area contributed by atoms with Crippen molar-refractivity contribution in [2.45, 2.75) is 39.7 Å². The van der Waals surface area contributed by atoms with Gasteiger partial charge in [-0.15, -0.1) is 0 Å². The normalized spacial score (nSPS) is 14.5. The van der Waals surface area contributed by atoms with E-state index in [1.54, 1.807) is 6.07 Å². The number of hydrogen-bond donors (Lipinski definition) is 2. The van der Waals surface area contributed by atoms with Gasteiger partial charge in [-0.3, -0.25) is 0 Å². The third-order valence-electron chi connectivity index (χ3n) is 2.85. The van der Waals surface area contributed by atoms with E-state index in [2.05, 4.69) is 26.1 Å². The second kappa shape index (κ2) is 6.00. The summed E-state index contributed by atoms with van der Waals surface area (Å²) in [7, 11) is 0. The predicted molar refractivity (Wildman–Crippen MR) is 73.0 cm³/mol. The monoisotopic (exact) mass is 240 g/mol. The van der Waals surface area contributed by atoms with E-state index in [0.717, 1.165) is 18.0 Å². The van der Waals surface area contributed by atoms with Crippen molar-refractivity contribution in [3.8, 4) is 0 Å². The number of hydrogen-bond acceptors (Lipinski definition) is 2. The summed E-state index contributed by atoms with van der Waals surface area (Å²) >= 11 is 6.10. The molecule has 0 aliphatic heterocycles. The first-order valence-electron chi connectivity index (χ1n) is 5.84. The molecule has 1 aromatic rings. The van der Waals surface area contributed by atoms with Gasteiger partial charge in [0.2, 0.25) is 0 Å². The molecule has 16 heavy (non-hydrogen) atoms. The molecule has 2 atom stereocenters. The molecule has 0 bridgehead atoms. The second-order valence-corrected chi connectivity index (χ2v) is 4.94. The third kappa shape index (κ3) is 3.93. The molecule has 90 valence electrons. The van der Waals surface area contributed by atoms with E-state index < -0.39 is 0 Å². The summed E-state index contributed by atoms with van der Waals surface area (Å²) in [5.74, 6) is 0.732. The molecule has 0 amide bonds. The highest BCUT2D eigenvalue weighted by Gasteiger charge is 2.08. The summed E-state index contributed by atoms with van der Waals surface area (Å²) in [6, 6.07) is 6.01. The molecule has 0 fully saturated rings. The zero-order chi connectivity index (χ0) is 12.1. The van der Waals surface area contributed by atoms with Gasteiger partial charge in [0, 0.05) is 11.7 Å². The Morgan fingerprint density at radius 3 is 2.62 bits per heavy atom. The molecule has 1 rings (SSSR count).